The summed E-state index contributed by atoms with van der Waals surface area (Å²) in [5.41, 5.74) is 5.21. The third kappa shape index (κ3) is 3.03. The Morgan fingerprint density at radius 3 is 2.82 bits per heavy atom. The molecule has 0 aliphatic rings. The third-order valence-corrected chi connectivity index (χ3v) is 1.78. The van der Waals surface area contributed by atoms with Gasteiger partial charge in [0, 0.05) is 6.07 Å². The molecular formula is C9H12N4O4. The Balaban J connectivity index is 3.26. The van der Waals surface area contributed by atoms with Crippen LogP contribution >= 0.6 is 0 Å². The van der Waals surface area contributed by atoms with Gasteiger partial charge in [-0.15, -0.1) is 0 Å². The number of ether oxygens (including phenoxy) is 1. The highest BCUT2D eigenvalue weighted by atomic mass is 16.6. The van der Waals surface area contributed by atoms with Gasteiger partial charge in [0.15, 0.2) is 5.84 Å². The molecule has 1 aromatic heterocycles. The van der Waals surface area contributed by atoms with Gasteiger partial charge in [0.25, 0.3) is 5.69 Å². The molecule has 17 heavy (non-hydrogen) atoms. The van der Waals surface area contributed by atoms with Crippen molar-refractivity contribution in [2.45, 2.75) is 20.0 Å². The van der Waals surface area contributed by atoms with Crippen molar-refractivity contribution in [3.8, 4) is 5.88 Å². The van der Waals surface area contributed by atoms with Gasteiger partial charge < -0.3 is 15.7 Å². The van der Waals surface area contributed by atoms with Crippen LogP contribution in [-0.2, 0) is 0 Å². The number of amidine groups is 1. The predicted molar refractivity (Wildman–Crippen MR) is 59.2 cm³/mol. The van der Waals surface area contributed by atoms with E-state index in [1.54, 1.807) is 13.8 Å². The molecular weight excluding hydrogens is 228 g/mol. The summed E-state index contributed by atoms with van der Waals surface area (Å²) in [5.74, 6) is -0.210. The zero-order valence-electron chi connectivity index (χ0n) is 9.32. The molecule has 8 nitrogen and oxygen atoms in total. The van der Waals surface area contributed by atoms with Crippen molar-refractivity contribution >= 4 is 11.5 Å². The molecule has 0 fully saturated rings. The number of rotatable bonds is 4. The standard InChI is InChI=1S/C9H12N4O4/c1-5(2)17-9-7(8(10)12-14)3-6(4-11-9)13(15)16/h3-5,14H,1-2H3,(H2,10,12). The maximum absolute atomic E-state index is 10.6. The second-order valence-electron chi connectivity index (χ2n) is 3.46. The Kier molecular flexibility index (Phi) is 3.81. The molecule has 0 saturated heterocycles. The lowest BCUT2D eigenvalue weighted by atomic mass is 10.2. The van der Waals surface area contributed by atoms with Crippen molar-refractivity contribution in [1.29, 1.82) is 0 Å². The van der Waals surface area contributed by atoms with Crippen molar-refractivity contribution in [2.24, 2.45) is 10.9 Å². The lowest BCUT2D eigenvalue weighted by Gasteiger charge is -2.11. The van der Waals surface area contributed by atoms with E-state index in [2.05, 4.69) is 10.1 Å². The van der Waals surface area contributed by atoms with Crippen LogP contribution < -0.4 is 10.5 Å². The largest absolute Gasteiger partial charge is 0.474 e. The highest BCUT2D eigenvalue weighted by molar-refractivity contribution is 5.99. The summed E-state index contributed by atoms with van der Waals surface area (Å²) in [6.45, 7) is 3.53. The lowest BCUT2D eigenvalue weighted by molar-refractivity contribution is -0.385. The average Bonchev–Trinajstić information content (AvgIpc) is 2.27. The molecule has 8 heteroatoms. The smallest absolute Gasteiger partial charge is 0.288 e. The van der Waals surface area contributed by atoms with E-state index in [-0.39, 0.29) is 29.1 Å². The first kappa shape index (κ1) is 12.7. The summed E-state index contributed by atoms with van der Waals surface area (Å²) in [5, 5.41) is 21.9. The Morgan fingerprint density at radius 1 is 1.71 bits per heavy atom. The van der Waals surface area contributed by atoms with E-state index in [4.69, 9.17) is 15.7 Å². The molecule has 1 heterocycles. The minimum Gasteiger partial charge on any atom is -0.474 e. The van der Waals surface area contributed by atoms with E-state index in [0.717, 1.165) is 12.3 Å². The summed E-state index contributed by atoms with van der Waals surface area (Å²) in [6.07, 6.45) is 0.862. The Hall–Kier alpha value is -2.38. The highest BCUT2D eigenvalue weighted by Crippen LogP contribution is 2.21. The van der Waals surface area contributed by atoms with Gasteiger partial charge in [-0.25, -0.2) is 4.98 Å². The summed E-state index contributed by atoms with van der Waals surface area (Å²) < 4.78 is 5.30. The lowest BCUT2D eigenvalue weighted by Crippen LogP contribution is -2.18. The van der Waals surface area contributed by atoms with E-state index >= 15 is 0 Å². The van der Waals surface area contributed by atoms with Crippen LogP contribution in [0, 0.1) is 10.1 Å². The number of nitro groups is 1. The highest BCUT2D eigenvalue weighted by Gasteiger charge is 2.17. The van der Waals surface area contributed by atoms with Crippen LogP contribution in [0.1, 0.15) is 19.4 Å². The fourth-order valence-corrected chi connectivity index (χ4v) is 1.10. The second kappa shape index (κ2) is 5.10. The molecule has 0 spiro atoms. The first-order valence-corrected chi connectivity index (χ1v) is 4.74. The normalized spacial score (nSPS) is 11.6. The Bertz CT molecular complexity index is 458. The molecule has 0 bridgehead atoms. The minimum absolute atomic E-state index is 0.0791. The maximum atomic E-state index is 10.6. The van der Waals surface area contributed by atoms with Gasteiger partial charge in [0.05, 0.1) is 16.6 Å². The number of pyridine rings is 1. The third-order valence-electron chi connectivity index (χ3n) is 1.78. The van der Waals surface area contributed by atoms with E-state index in [0.29, 0.717) is 0 Å². The average molecular weight is 240 g/mol. The molecule has 0 amide bonds. The van der Waals surface area contributed by atoms with Gasteiger partial charge >= 0.3 is 0 Å². The van der Waals surface area contributed by atoms with E-state index in [9.17, 15) is 10.1 Å². The molecule has 0 unspecified atom stereocenters. The first-order valence-electron chi connectivity index (χ1n) is 4.74. The monoisotopic (exact) mass is 240 g/mol. The molecule has 0 atom stereocenters. The number of nitrogens with two attached hydrogens (primary N) is 1. The zero-order chi connectivity index (χ0) is 13.0. The van der Waals surface area contributed by atoms with Crippen molar-refractivity contribution in [2.75, 3.05) is 0 Å². The molecule has 3 N–H and O–H groups in total. The van der Waals surface area contributed by atoms with Gasteiger partial charge in [-0.1, -0.05) is 5.16 Å². The van der Waals surface area contributed by atoms with Crippen molar-refractivity contribution in [1.82, 2.24) is 4.98 Å². The van der Waals surface area contributed by atoms with Crippen molar-refractivity contribution in [3.63, 3.8) is 0 Å². The maximum Gasteiger partial charge on any atom is 0.288 e. The van der Waals surface area contributed by atoms with Crippen molar-refractivity contribution < 1.29 is 14.9 Å². The summed E-state index contributed by atoms with van der Waals surface area (Å²) in [4.78, 5) is 13.7. The number of aromatic nitrogens is 1. The molecule has 0 aliphatic carbocycles. The Morgan fingerprint density at radius 2 is 2.35 bits per heavy atom. The number of nitrogens with zero attached hydrogens (tertiary/aromatic N) is 3. The number of hydrogen-bond donors (Lipinski definition) is 2. The molecule has 0 aromatic carbocycles. The summed E-state index contributed by atoms with van der Waals surface area (Å²) in [6, 6.07) is 1.14. The molecule has 92 valence electrons. The van der Waals surface area contributed by atoms with E-state index < -0.39 is 4.92 Å². The van der Waals surface area contributed by atoms with Crippen LogP contribution in [0.2, 0.25) is 0 Å². The zero-order valence-corrected chi connectivity index (χ0v) is 9.32. The number of hydrogen-bond acceptors (Lipinski definition) is 6. The van der Waals surface area contributed by atoms with Crippen LogP contribution in [0.3, 0.4) is 0 Å². The number of oxime groups is 1. The summed E-state index contributed by atoms with van der Waals surface area (Å²) >= 11 is 0. The SMILES string of the molecule is CC(C)Oc1ncc([N+](=O)[O-])cc1/C(N)=N\O. The van der Waals surface area contributed by atoms with Gasteiger partial charge in [0.1, 0.15) is 6.20 Å². The molecule has 0 aliphatic heterocycles. The van der Waals surface area contributed by atoms with E-state index in [1.165, 1.54) is 0 Å². The summed E-state index contributed by atoms with van der Waals surface area (Å²) in [7, 11) is 0. The topological polar surface area (TPSA) is 124 Å². The van der Waals surface area contributed by atoms with Crippen LogP contribution in [0.15, 0.2) is 17.4 Å². The Labute approximate surface area is 96.9 Å². The van der Waals surface area contributed by atoms with Crippen LogP contribution in [-0.4, -0.2) is 27.1 Å². The van der Waals surface area contributed by atoms with Crippen LogP contribution in [0.25, 0.3) is 0 Å². The molecule has 1 aromatic rings. The van der Waals surface area contributed by atoms with Gasteiger partial charge in [-0.05, 0) is 13.8 Å². The predicted octanol–water partition coefficient (Wildman–Crippen LogP) is 0.871. The minimum atomic E-state index is -0.625. The van der Waals surface area contributed by atoms with Crippen molar-refractivity contribution in [3.05, 3.63) is 27.9 Å². The van der Waals surface area contributed by atoms with Crippen LogP contribution in [0.4, 0.5) is 5.69 Å². The van der Waals surface area contributed by atoms with E-state index in [1.807, 2.05) is 0 Å². The van der Waals surface area contributed by atoms with Gasteiger partial charge in [-0.3, -0.25) is 10.1 Å². The van der Waals surface area contributed by atoms with Gasteiger partial charge in [-0.2, -0.15) is 0 Å². The fraction of sp³-hybridized carbons (Fsp3) is 0.333. The first-order chi connectivity index (χ1) is 7.95. The molecule has 0 radical (unpaired) electrons. The molecule has 1 rings (SSSR count). The quantitative estimate of drug-likeness (QED) is 0.264. The fourth-order valence-electron chi connectivity index (χ4n) is 1.10. The van der Waals surface area contributed by atoms with Gasteiger partial charge in [0.2, 0.25) is 5.88 Å². The second-order valence-corrected chi connectivity index (χ2v) is 3.46. The van der Waals surface area contributed by atoms with Crippen LogP contribution in [0.5, 0.6) is 5.88 Å². The molecule has 0 saturated carbocycles.